The molecule has 0 spiro atoms. The molecular weight excluding hydrogens is 422 g/mol. The Labute approximate surface area is 169 Å². The van der Waals surface area contributed by atoms with Crippen molar-refractivity contribution in [2.45, 2.75) is 6.42 Å². The molecule has 11 heteroatoms. The second-order valence-corrected chi connectivity index (χ2v) is 9.20. The van der Waals surface area contributed by atoms with Gasteiger partial charge in [-0.3, -0.25) is 10.1 Å². The minimum Gasteiger partial charge on any atom is -0.331 e. The van der Waals surface area contributed by atoms with Gasteiger partial charge in [0.2, 0.25) is 0 Å². The minimum absolute atomic E-state index is 0.0785. The Kier molecular flexibility index (Phi) is 5.01. The number of halogens is 2. The van der Waals surface area contributed by atoms with Crippen LogP contribution in [0.25, 0.3) is 0 Å². The normalized spacial score (nSPS) is 17.4. The number of aromatic nitrogens is 1. The van der Waals surface area contributed by atoms with E-state index in [1.165, 1.54) is 29.7 Å². The van der Waals surface area contributed by atoms with Gasteiger partial charge in [-0.1, -0.05) is 6.07 Å². The number of hydrogen-bond donors (Lipinski definition) is 1. The monoisotopic (exact) mass is 436 g/mol. The average molecular weight is 436 g/mol. The van der Waals surface area contributed by atoms with E-state index in [9.17, 15) is 22.0 Å². The van der Waals surface area contributed by atoms with Gasteiger partial charge in [0.1, 0.15) is 0 Å². The van der Waals surface area contributed by atoms with Crippen LogP contribution in [0.15, 0.2) is 52.7 Å². The fraction of sp³-hybridized carbons (Fsp3) is 0.167. The molecular formula is C18H14F2N4O3S2. The van der Waals surface area contributed by atoms with Gasteiger partial charge < -0.3 is 4.90 Å². The number of amidine groups is 1. The molecule has 0 unspecified atom stereocenters. The van der Waals surface area contributed by atoms with E-state index in [2.05, 4.69) is 14.7 Å². The van der Waals surface area contributed by atoms with Crippen LogP contribution in [-0.2, 0) is 21.2 Å². The highest BCUT2D eigenvalue weighted by Crippen LogP contribution is 2.24. The van der Waals surface area contributed by atoms with Gasteiger partial charge in [-0.2, -0.15) is 0 Å². The number of rotatable bonds is 4. The molecule has 7 nitrogen and oxygen atoms in total. The summed E-state index contributed by atoms with van der Waals surface area (Å²) in [4.78, 5) is 19.1. The van der Waals surface area contributed by atoms with E-state index < -0.39 is 27.6 Å². The highest BCUT2D eigenvalue weighted by molar-refractivity contribution is 7.90. The van der Waals surface area contributed by atoms with Crippen molar-refractivity contribution in [3.63, 3.8) is 0 Å². The number of nitrogens with one attached hydrogen (secondary N) is 1. The van der Waals surface area contributed by atoms with Gasteiger partial charge >= 0.3 is 0 Å². The standard InChI is InChI=1S/C18H14F2N4O3S2/c19-14-4-3-11(9-15(14)20)8-12-10-21-18(28-12)22-17(25)13-2-1-5-24-6-7-29(26,27)23-16(13)24/h1-5,9-10H,6-8H2,(H,21,22,25). The minimum atomic E-state index is -3.61. The summed E-state index contributed by atoms with van der Waals surface area (Å²) in [5.41, 5.74) is 0.691. The van der Waals surface area contributed by atoms with E-state index in [4.69, 9.17) is 0 Å². The summed E-state index contributed by atoms with van der Waals surface area (Å²) >= 11 is 1.18. The smallest absolute Gasteiger partial charge is 0.261 e. The molecule has 0 bridgehead atoms. The summed E-state index contributed by atoms with van der Waals surface area (Å²) in [6, 6.07) is 3.65. The Morgan fingerprint density at radius 1 is 1.28 bits per heavy atom. The molecule has 3 heterocycles. The van der Waals surface area contributed by atoms with Gasteiger partial charge in [0.25, 0.3) is 15.9 Å². The van der Waals surface area contributed by atoms with Crippen LogP contribution in [0.5, 0.6) is 0 Å². The van der Waals surface area contributed by atoms with Gasteiger partial charge in [0.15, 0.2) is 22.6 Å². The Morgan fingerprint density at radius 2 is 2.10 bits per heavy atom. The van der Waals surface area contributed by atoms with Crippen LogP contribution >= 0.6 is 11.3 Å². The molecule has 4 rings (SSSR count). The second kappa shape index (κ2) is 7.48. The number of nitrogens with zero attached hydrogens (tertiary/aromatic N) is 3. The first-order valence-electron chi connectivity index (χ1n) is 8.49. The molecule has 0 saturated carbocycles. The summed E-state index contributed by atoms with van der Waals surface area (Å²) in [5, 5.41) is 2.93. The number of carbonyl (C=O) groups is 1. The van der Waals surface area contributed by atoms with Crippen molar-refractivity contribution >= 4 is 38.2 Å². The average Bonchev–Trinajstić information content (AvgIpc) is 3.10. The lowest BCUT2D eigenvalue weighted by atomic mass is 10.1. The van der Waals surface area contributed by atoms with Crippen LogP contribution < -0.4 is 5.32 Å². The van der Waals surface area contributed by atoms with Crippen molar-refractivity contribution < 1.29 is 22.0 Å². The summed E-state index contributed by atoms with van der Waals surface area (Å²) in [7, 11) is -3.61. The van der Waals surface area contributed by atoms with Gasteiger partial charge in [0.05, 0.1) is 11.3 Å². The van der Waals surface area contributed by atoms with Crippen molar-refractivity contribution in [3.8, 4) is 0 Å². The summed E-state index contributed by atoms with van der Waals surface area (Å²) in [6.45, 7) is 0.220. The number of carbonyl (C=O) groups excluding carboxylic acids is 1. The number of thiazole rings is 1. The van der Waals surface area contributed by atoms with Gasteiger partial charge in [0, 0.05) is 30.2 Å². The van der Waals surface area contributed by atoms with Crippen LogP contribution in [0.1, 0.15) is 10.4 Å². The Bertz CT molecular complexity index is 1190. The molecule has 1 amide bonds. The number of fused-ring (bicyclic) bond motifs is 1. The molecule has 2 aliphatic heterocycles. The maximum Gasteiger partial charge on any atom is 0.261 e. The number of hydrogen-bond acceptors (Lipinski definition) is 6. The number of sulfonamides is 1. The van der Waals surface area contributed by atoms with Crippen molar-refractivity contribution in [3.05, 3.63) is 70.4 Å². The summed E-state index contributed by atoms with van der Waals surface area (Å²) < 4.78 is 53.7. The first-order valence-corrected chi connectivity index (χ1v) is 10.9. The molecule has 1 aromatic carbocycles. The molecule has 0 saturated heterocycles. The molecule has 150 valence electrons. The molecule has 29 heavy (non-hydrogen) atoms. The van der Waals surface area contributed by atoms with Crippen LogP contribution in [0.3, 0.4) is 0 Å². The van der Waals surface area contributed by atoms with E-state index in [1.54, 1.807) is 17.2 Å². The SMILES string of the molecule is O=C(Nc1ncc(Cc2ccc(F)c(F)c2)s1)C1=CC=CN2CCS(=O)(=O)N=C12. The van der Waals surface area contributed by atoms with E-state index in [0.29, 0.717) is 17.1 Å². The first-order chi connectivity index (χ1) is 13.8. The van der Waals surface area contributed by atoms with Gasteiger partial charge in [-0.25, -0.2) is 22.2 Å². The van der Waals surface area contributed by atoms with E-state index in [0.717, 1.165) is 17.0 Å². The number of allylic oxidation sites excluding steroid dienone is 2. The summed E-state index contributed by atoms with van der Waals surface area (Å²) in [6.07, 6.45) is 6.65. The zero-order chi connectivity index (χ0) is 20.6. The zero-order valence-corrected chi connectivity index (χ0v) is 16.4. The first kappa shape index (κ1) is 19.4. The fourth-order valence-corrected chi connectivity index (χ4v) is 4.68. The Balaban J connectivity index is 1.49. The van der Waals surface area contributed by atoms with Crippen LogP contribution in [0.4, 0.5) is 13.9 Å². The molecule has 0 radical (unpaired) electrons. The lowest BCUT2D eigenvalue weighted by Crippen LogP contribution is -2.40. The van der Waals surface area contributed by atoms with Crippen molar-refractivity contribution in [1.29, 1.82) is 0 Å². The predicted octanol–water partition coefficient (Wildman–Crippen LogP) is 2.45. The maximum atomic E-state index is 13.3. The maximum absolute atomic E-state index is 13.3. The second-order valence-electron chi connectivity index (χ2n) is 6.33. The molecule has 0 atom stereocenters. The van der Waals surface area contributed by atoms with E-state index in [-0.39, 0.29) is 23.7 Å². The third-order valence-corrected chi connectivity index (χ3v) is 6.30. The summed E-state index contributed by atoms with van der Waals surface area (Å²) in [5.74, 6) is -2.41. The molecule has 1 N–H and O–H groups in total. The lowest BCUT2D eigenvalue weighted by Gasteiger charge is -2.28. The fourth-order valence-electron chi connectivity index (χ4n) is 2.86. The van der Waals surface area contributed by atoms with Gasteiger partial charge in [-0.05, 0) is 29.8 Å². The van der Waals surface area contributed by atoms with Crippen LogP contribution in [-0.4, -0.2) is 42.3 Å². The van der Waals surface area contributed by atoms with Crippen molar-refractivity contribution in [2.75, 3.05) is 17.6 Å². The lowest BCUT2D eigenvalue weighted by molar-refractivity contribution is -0.112. The van der Waals surface area contributed by atoms with Crippen LogP contribution in [0.2, 0.25) is 0 Å². The third kappa shape index (κ3) is 4.25. The van der Waals surface area contributed by atoms with Crippen molar-refractivity contribution in [1.82, 2.24) is 9.88 Å². The predicted molar refractivity (Wildman–Crippen MR) is 105 cm³/mol. The highest BCUT2D eigenvalue weighted by Gasteiger charge is 2.30. The number of benzene rings is 1. The van der Waals surface area contributed by atoms with E-state index in [1.807, 2.05) is 0 Å². The quantitative estimate of drug-likeness (QED) is 0.795. The zero-order valence-electron chi connectivity index (χ0n) is 14.8. The number of anilines is 1. The third-order valence-electron chi connectivity index (χ3n) is 4.24. The van der Waals surface area contributed by atoms with Crippen LogP contribution in [0, 0.1) is 11.6 Å². The molecule has 2 aliphatic rings. The molecule has 0 aliphatic carbocycles. The largest absolute Gasteiger partial charge is 0.331 e. The topological polar surface area (TPSA) is 91.7 Å². The molecule has 2 aromatic rings. The highest BCUT2D eigenvalue weighted by atomic mass is 32.2. The van der Waals surface area contributed by atoms with Gasteiger partial charge in [-0.15, -0.1) is 15.7 Å². The molecule has 1 aromatic heterocycles. The Hall–Kier alpha value is -2.92. The Morgan fingerprint density at radius 3 is 2.90 bits per heavy atom. The van der Waals surface area contributed by atoms with Crippen molar-refractivity contribution in [2.24, 2.45) is 4.40 Å². The van der Waals surface area contributed by atoms with E-state index >= 15 is 0 Å². The number of amides is 1. The molecule has 0 fully saturated rings.